The van der Waals surface area contributed by atoms with Crippen molar-refractivity contribution in [3.8, 4) is 0 Å². The third kappa shape index (κ3) is 2.18. The molecular formula is C13H23N3O2. The minimum absolute atomic E-state index is 0.0530. The molecule has 2 atom stereocenters. The fourth-order valence-electron chi connectivity index (χ4n) is 3.06. The van der Waals surface area contributed by atoms with Gasteiger partial charge in [0.25, 0.3) is 0 Å². The second-order valence-electron chi connectivity index (χ2n) is 5.76. The fourth-order valence-corrected chi connectivity index (χ4v) is 3.06. The largest absolute Gasteiger partial charge is 0.409 e. The summed E-state index contributed by atoms with van der Waals surface area (Å²) in [7, 11) is 0. The maximum absolute atomic E-state index is 12.4. The first kappa shape index (κ1) is 13.2. The number of nitrogens with two attached hydrogens (primary N) is 1. The molecule has 2 rings (SSSR count). The normalized spacial score (nSPS) is 31.5. The Morgan fingerprint density at radius 2 is 2.00 bits per heavy atom. The second-order valence-corrected chi connectivity index (χ2v) is 5.76. The predicted octanol–water partition coefficient (Wildman–Crippen LogP) is 1.60. The highest BCUT2D eigenvalue weighted by molar-refractivity contribution is 6.07. The van der Waals surface area contributed by atoms with E-state index in [4.69, 9.17) is 10.9 Å². The SMILES string of the molecule is CC1CCCCC1NC(=O)C1(C(N)=NO)CCC1. The second kappa shape index (κ2) is 5.16. The molecule has 2 aliphatic rings. The van der Waals surface area contributed by atoms with Crippen LogP contribution in [0.1, 0.15) is 51.9 Å². The smallest absolute Gasteiger partial charge is 0.234 e. The summed E-state index contributed by atoms with van der Waals surface area (Å²) in [5, 5.41) is 15.0. The first-order valence-electron chi connectivity index (χ1n) is 6.89. The van der Waals surface area contributed by atoms with Gasteiger partial charge in [-0.3, -0.25) is 4.79 Å². The van der Waals surface area contributed by atoms with Gasteiger partial charge in [0.2, 0.25) is 5.91 Å². The highest BCUT2D eigenvalue weighted by Gasteiger charge is 2.49. The van der Waals surface area contributed by atoms with Crippen molar-refractivity contribution in [1.29, 1.82) is 0 Å². The van der Waals surface area contributed by atoms with Crippen LogP contribution in [-0.4, -0.2) is 23.0 Å². The number of hydrogen-bond donors (Lipinski definition) is 3. The molecule has 0 aliphatic heterocycles. The summed E-state index contributed by atoms with van der Waals surface area (Å²) >= 11 is 0. The van der Waals surface area contributed by atoms with Crippen LogP contribution in [-0.2, 0) is 4.79 Å². The zero-order chi connectivity index (χ0) is 13.2. The lowest BCUT2D eigenvalue weighted by atomic mass is 9.67. The van der Waals surface area contributed by atoms with E-state index >= 15 is 0 Å². The van der Waals surface area contributed by atoms with Crippen molar-refractivity contribution in [1.82, 2.24) is 5.32 Å². The lowest BCUT2D eigenvalue weighted by molar-refractivity contribution is -0.132. The molecule has 2 fully saturated rings. The number of amides is 1. The number of carbonyl (C=O) groups is 1. The van der Waals surface area contributed by atoms with Crippen molar-refractivity contribution < 1.29 is 10.0 Å². The van der Waals surface area contributed by atoms with E-state index in [1.54, 1.807) is 0 Å². The molecule has 18 heavy (non-hydrogen) atoms. The average Bonchev–Trinajstić information content (AvgIpc) is 2.30. The van der Waals surface area contributed by atoms with Crippen molar-refractivity contribution in [2.45, 2.75) is 57.9 Å². The van der Waals surface area contributed by atoms with E-state index < -0.39 is 5.41 Å². The van der Waals surface area contributed by atoms with Crippen LogP contribution >= 0.6 is 0 Å². The summed E-state index contributed by atoms with van der Waals surface area (Å²) in [5.74, 6) is 0.532. The molecule has 2 aliphatic carbocycles. The number of nitrogens with zero attached hydrogens (tertiary/aromatic N) is 1. The molecule has 5 heteroatoms. The summed E-state index contributed by atoms with van der Waals surface area (Å²) in [6.07, 6.45) is 6.97. The van der Waals surface area contributed by atoms with Gasteiger partial charge in [-0.05, 0) is 31.6 Å². The Kier molecular flexibility index (Phi) is 3.78. The average molecular weight is 253 g/mol. The van der Waals surface area contributed by atoms with Crippen LogP contribution in [0.25, 0.3) is 0 Å². The van der Waals surface area contributed by atoms with Gasteiger partial charge in [0.1, 0.15) is 5.41 Å². The van der Waals surface area contributed by atoms with Gasteiger partial charge in [-0.25, -0.2) is 0 Å². The van der Waals surface area contributed by atoms with Gasteiger partial charge in [0, 0.05) is 6.04 Å². The number of carbonyl (C=O) groups excluding carboxylic acids is 1. The predicted molar refractivity (Wildman–Crippen MR) is 69.3 cm³/mol. The Morgan fingerprint density at radius 3 is 2.50 bits per heavy atom. The Hall–Kier alpha value is -1.26. The van der Waals surface area contributed by atoms with Gasteiger partial charge >= 0.3 is 0 Å². The van der Waals surface area contributed by atoms with Gasteiger partial charge < -0.3 is 16.3 Å². The molecule has 0 bridgehead atoms. The number of hydrogen-bond acceptors (Lipinski definition) is 3. The van der Waals surface area contributed by atoms with Crippen LogP contribution in [0.5, 0.6) is 0 Å². The molecule has 1 amide bonds. The van der Waals surface area contributed by atoms with Crippen LogP contribution in [0.4, 0.5) is 0 Å². The molecule has 0 spiro atoms. The van der Waals surface area contributed by atoms with Crippen LogP contribution in [0.15, 0.2) is 5.16 Å². The summed E-state index contributed by atoms with van der Waals surface area (Å²) in [4.78, 5) is 12.4. The van der Waals surface area contributed by atoms with E-state index in [1.807, 2.05) is 0 Å². The zero-order valence-corrected chi connectivity index (χ0v) is 11.0. The summed E-state index contributed by atoms with van der Waals surface area (Å²) in [5.41, 5.74) is 4.95. The van der Waals surface area contributed by atoms with Crippen molar-refractivity contribution in [3.63, 3.8) is 0 Å². The number of nitrogens with one attached hydrogen (secondary N) is 1. The maximum atomic E-state index is 12.4. The fraction of sp³-hybridized carbons (Fsp3) is 0.846. The van der Waals surface area contributed by atoms with E-state index in [2.05, 4.69) is 17.4 Å². The Labute approximate surface area is 108 Å². The van der Waals surface area contributed by atoms with Gasteiger partial charge in [-0.1, -0.05) is 31.3 Å². The third-order valence-electron chi connectivity index (χ3n) is 4.67. The van der Waals surface area contributed by atoms with E-state index in [9.17, 15) is 4.79 Å². The van der Waals surface area contributed by atoms with E-state index in [-0.39, 0.29) is 17.8 Å². The zero-order valence-electron chi connectivity index (χ0n) is 11.0. The molecule has 0 saturated heterocycles. The molecule has 2 saturated carbocycles. The molecule has 0 radical (unpaired) electrons. The van der Waals surface area contributed by atoms with Gasteiger partial charge in [0.15, 0.2) is 5.84 Å². The first-order valence-corrected chi connectivity index (χ1v) is 6.89. The molecule has 0 heterocycles. The van der Waals surface area contributed by atoms with Gasteiger partial charge in [-0.15, -0.1) is 0 Å². The standard InChI is InChI=1S/C13H23N3O2/c1-9-5-2-3-6-10(9)15-12(17)13(7-4-8-13)11(14)16-18/h9-10,18H,2-8H2,1H3,(H2,14,16)(H,15,17). The van der Waals surface area contributed by atoms with E-state index in [1.165, 1.54) is 19.3 Å². The molecule has 102 valence electrons. The van der Waals surface area contributed by atoms with Crippen molar-refractivity contribution >= 4 is 11.7 Å². The lowest BCUT2D eigenvalue weighted by Gasteiger charge is -2.41. The highest BCUT2D eigenvalue weighted by atomic mass is 16.4. The number of rotatable bonds is 3. The van der Waals surface area contributed by atoms with Gasteiger partial charge in [-0.2, -0.15) is 0 Å². The van der Waals surface area contributed by atoms with E-state index in [0.717, 1.165) is 12.8 Å². The number of amidine groups is 1. The number of oxime groups is 1. The summed E-state index contributed by atoms with van der Waals surface area (Å²) < 4.78 is 0. The Balaban J connectivity index is 2.02. The summed E-state index contributed by atoms with van der Waals surface area (Å²) in [6.45, 7) is 2.18. The third-order valence-corrected chi connectivity index (χ3v) is 4.67. The lowest BCUT2D eigenvalue weighted by Crippen LogP contribution is -2.57. The van der Waals surface area contributed by atoms with Crippen LogP contribution in [0.3, 0.4) is 0 Å². The quantitative estimate of drug-likeness (QED) is 0.309. The molecule has 0 aromatic rings. The monoisotopic (exact) mass is 253 g/mol. The molecule has 0 aromatic carbocycles. The minimum Gasteiger partial charge on any atom is -0.409 e. The van der Waals surface area contributed by atoms with E-state index in [0.29, 0.717) is 18.8 Å². The molecule has 0 aromatic heterocycles. The Morgan fingerprint density at radius 1 is 1.33 bits per heavy atom. The van der Waals surface area contributed by atoms with Crippen molar-refractivity contribution in [2.75, 3.05) is 0 Å². The van der Waals surface area contributed by atoms with Crippen LogP contribution in [0, 0.1) is 11.3 Å². The molecule has 2 unspecified atom stereocenters. The van der Waals surface area contributed by atoms with Crippen molar-refractivity contribution in [2.24, 2.45) is 22.2 Å². The maximum Gasteiger partial charge on any atom is 0.234 e. The van der Waals surface area contributed by atoms with Gasteiger partial charge in [0.05, 0.1) is 0 Å². The molecule has 4 N–H and O–H groups in total. The van der Waals surface area contributed by atoms with Crippen molar-refractivity contribution in [3.05, 3.63) is 0 Å². The Bertz CT molecular complexity index is 350. The highest BCUT2D eigenvalue weighted by Crippen LogP contribution is 2.41. The topological polar surface area (TPSA) is 87.7 Å². The van der Waals surface area contributed by atoms with Crippen LogP contribution in [0.2, 0.25) is 0 Å². The molecule has 5 nitrogen and oxygen atoms in total. The first-order chi connectivity index (χ1) is 8.60. The summed E-state index contributed by atoms with van der Waals surface area (Å²) in [6, 6.07) is 0.246. The molecular weight excluding hydrogens is 230 g/mol. The van der Waals surface area contributed by atoms with Crippen LogP contribution < -0.4 is 11.1 Å². The minimum atomic E-state index is -0.744.